The van der Waals surface area contributed by atoms with Crippen LogP contribution in [0.5, 0.6) is 0 Å². The Morgan fingerprint density at radius 2 is 2.29 bits per heavy atom. The van der Waals surface area contributed by atoms with Gasteiger partial charge >= 0.3 is 0 Å². The number of nitrogens with zero attached hydrogens (tertiary/aromatic N) is 1. The fourth-order valence-corrected chi connectivity index (χ4v) is 2.75. The molecule has 2 heterocycles. The van der Waals surface area contributed by atoms with Crippen molar-refractivity contribution in [1.82, 2.24) is 4.90 Å². The van der Waals surface area contributed by atoms with E-state index in [1.54, 1.807) is 0 Å². The molecule has 0 aliphatic carbocycles. The Labute approximate surface area is 87.6 Å². The van der Waals surface area contributed by atoms with E-state index in [0.717, 1.165) is 18.6 Å². The SMILES string of the molecule is CCCCC(C)N1CC2CCOC2C1. The molecule has 0 radical (unpaired) electrons. The van der Waals surface area contributed by atoms with Crippen molar-refractivity contribution in [3.63, 3.8) is 0 Å². The molecule has 2 aliphatic rings. The Balaban J connectivity index is 1.77. The van der Waals surface area contributed by atoms with Gasteiger partial charge in [-0.15, -0.1) is 0 Å². The van der Waals surface area contributed by atoms with Gasteiger partial charge in [0.1, 0.15) is 0 Å². The van der Waals surface area contributed by atoms with Crippen LogP contribution in [0.4, 0.5) is 0 Å². The van der Waals surface area contributed by atoms with Gasteiger partial charge in [-0.2, -0.15) is 0 Å². The summed E-state index contributed by atoms with van der Waals surface area (Å²) in [5, 5.41) is 0. The van der Waals surface area contributed by atoms with Crippen molar-refractivity contribution in [3.8, 4) is 0 Å². The van der Waals surface area contributed by atoms with Crippen molar-refractivity contribution in [1.29, 1.82) is 0 Å². The number of ether oxygens (including phenoxy) is 1. The maximum absolute atomic E-state index is 5.72. The topological polar surface area (TPSA) is 12.5 Å². The monoisotopic (exact) mass is 197 g/mol. The lowest BCUT2D eigenvalue weighted by Gasteiger charge is -2.24. The molecule has 2 rings (SSSR count). The highest BCUT2D eigenvalue weighted by Gasteiger charge is 2.38. The van der Waals surface area contributed by atoms with E-state index in [2.05, 4.69) is 18.7 Å². The molecule has 2 heteroatoms. The lowest BCUT2D eigenvalue weighted by Crippen LogP contribution is -2.32. The van der Waals surface area contributed by atoms with Gasteiger partial charge in [-0.3, -0.25) is 4.90 Å². The first-order chi connectivity index (χ1) is 6.81. The first kappa shape index (κ1) is 10.4. The van der Waals surface area contributed by atoms with E-state index in [9.17, 15) is 0 Å². The summed E-state index contributed by atoms with van der Waals surface area (Å²) >= 11 is 0. The maximum Gasteiger partial charge on any atom is 0.0743 e. The molecule has 0 aromatic rings. The highest BCUT2D eigenvalue weighted by Crippen LogP contribution is 2.30. The summed E-state index contributed by atoms with van der Waals surface area (Å²) in [6, 6.07) is 0.768. The average molecular weight is 197 g/mol. The summed E-state index contributed by atoms with van der Waals surface area (Å²) in [6.07, 6.45) is 5.91. The Morgan fingerprint density at radius 3 is 3.00 bits per heavy atom. The Bertz CT molecular complexity index is 171. The molecule has 2 aliphatic heterocycles. The molecule has 0 aromatic carbocycles. The highest BCUT2D eigenvalue weighted by molar-refractivity contribution is 4.90. The minimum Gasteiger partial charge on any atom is -0.377 e. The number of rotatable bonds is 4. The van der Waals surface area contributed by atoms with Crippen LogP contribution in [0.25, 0.3) is 0 Å². The minimum absolute atomic E-state index is 0.569. The minimum atomic E-state index is 0.569. The number of unbranched alkanes of at least 4 members (excludes halogenated alkanes) is 1. The summed E-state index contributed by atoms with van der Waals surface area (Å²) in [7, 11) is 0. The summed E-state index contributed by atoms with van der Waals surface area (Å²) in [5.74, 6) is 0.846. The zero-order valence-electron chi connectivity index (χ0n) is 9.54. The standard InChI is InChI=1S/C12H23NO/c1-3-4-5-10(2)13-8-11-6-7-14-12(11)9-13/h10-12H,3-9H2,1-2H3. The van der Waals surface area contributed by atoms with Crippen LogP contribution in [0.15, 0.2) is 0 Å². The van der Waals surface area contributed by atoms with E-state index < -0.39 is 0 Å². The van der Waals surface area contributed by atoms with Crippen LogP contribution in [-0.2, 0) is 4.74 Å². The number of hydrogen-bond donors (Lipinski definition) is 0. The van der Waals surface area contributed by atoms with Crippen LogP contribution >= 0.6 is 0 Å². The normalized spacial score (nSPS) is 34.7. The van der Waals surface area contributed by atoms with Gasteiger partial charge < -0.3 is 4.74 Å². The molecule has 3 atom stereocenters. The van der Waals surface area contributed by atoms with Crippen LogP contribution < -0.4 is 0 Å². The number of fused-ring (bicyclic) bond motifs is 1. The molecular formula is C12H23NO. The van der Waals surface area contributed by atoms with Gasteiger partial charge in [-0.05, 0) is 19.8 Å². The van der Waals surface area contributed by atoms with E-state index in [1.165, 1.54) is 38.8 Å². The first-order valence-electron chi connectivity index (χ1n) is 6.17. The fourth-order valence-electron chi connectivity index (χ4n) is 2.75. The molecule has 14 heavy (non-hydrogen) atoms. The molecule has 0 N–H and O–H groups in total. The molecule has 3 unspecified atom stereocenters. The molecule has 2 saturated heterocycles. The van der Waals surface area contributed by atoms with E-state index in [-0.39, 0.29) is 0 Å². The van der Waals surface area contributed by atoms with Crippen LogP contribution in [0.1, 0.15) is 39.5 Å². The molecule has 0 saturated carbocycles. The third-order valence-electron chi connectivity index (χ3n) is 3.83. The van der Waals surface area contributed by atoms with Crippen molar-refractivity contribution < 1.29 is 4.74 Å². The predicted octanol–water partition coefficient (Wildman–Crippen LogP) is 2.29. The van der Waals surface area contributed by atoms with Crippen molar-refractivity contribution in [2.24, 2.45) is 5.92 Å². The van der Waals surface area contributed by atoms with Gasteiger partial charge in [0, 0.05) is 31.7 Å². The lowest BCUT2D eigenvalue weighted by molar-refractivity contribution is 0.0921. The van der Waals surface area contributed by atoms with E-state index in [1.807, 2.05) is 0 Å². The molecule has 82 valence electrons. The summed E-state index contributed by atoms with van der Waals surface area (Å²) in [4.78, 5) is 2.63. The third kappa shape index (κ3) is 2.12. The van der Waals surface area contributed by atoms with Crippen molar-refractivity contribution in [2.75, 3.05) is 19.7 Å². The fraction of sp³-hybridized carbons (Fsp3) is 1.00. The van der Waals surface area contributed by atoms with Crippen LogP contribution in [0.3, 0.4) is 0 Å². The molecule has 0 amide bonds. The van der Waals surface area contributed by atoms with E-state index in [4.69, 9.17) is 4.74 Å². The molecule has 2 fully saturated rings. The lowest BCUT2D eigenvalue weighted by atomic mass is 10.1. The van der Waals surface area contributed by atoms with Gasteiger partial charge in [0.25, 0.3) is 0 Å². The second kappa shape index (κ2) is 4.63. The predicted molar refractivity (Wildman–Crippen MR) is 58.4 cm³/mol. The van der Waals surface area contributed by atoms with E-state index in [0.29, 0.717) is 6.10 Å². The van der Waals surface area contributed by atoms with Crippen LogP contribution in [-0.4, -0.2) is 36.7 Å². The van der Waals surface area contributed by atoms with Gasteiger partial charge in [0.15, 0.2) is 0 Å². The molecule has 2 nitrogen and oxygen atoms in total. The third-order valence-corrected chi connectivity index (χ3v) is 3.83. The Kier molecular flexibility index (Phi) is 3.45. The highest BCUT2D eigenvalue weighted by atomic mass is 16.5. The summed E-state index contributed by atoms with van der Waals surface area (Å²) < 4.78 is 5.72. The quantitative estimate of drug-likeness (QED) is 0.685. The second-order valence-corrected chi connectivity index (χ2v) is 4.90. The largest absolute Gasteiger partial charge is 0.377 e. The van der Waals surface area contributed by atoms with Crippen LogP contribution in [0, 0.1) is 5.92 Å². The van der Waals surface area contributed by atoms with Crippen molar-refractivity contribution in [2.45, 2.75) is 51.7 Å². The van der Waals surface area contributed by atoms with Gasteiger partial charge in [-0.1, -0.05) is 19.8 Å². The maximum atomic E-state index is 5.72. The van der Waals surface area contributed by atoms with Gasteiger partial charge in [-0.25, -0.2) is 0 Å². The van der Waals surface area contributed by atoms with Crippen molar-refractivity contribution in [3.05, 3.63) is 0 Å². The summed E-state index contributed by atoms with van der Waals surface area (Å²) in [5.41, 5.74) is 0. The molecule has 0 aromatic heterocycles. The number of likely N-dealkylation sites (tertiary alicyclic amines) is 1. The molecule has 0 bridgehead atoms. The number of hydrogen-bond acceptors (Lipinski definition) is 2. The van der Waals surface area contributed by atoms with Crippen LogP contribution in [0.2, 0.25) is 0 Å². The molecule has 0 spiro atoms. The zero-order chi connectivity index (χ0) is 9.97. The average Bonchev–Trinajstić information content (AvgIpc) is 2.72. The summed E-state index contributed by atoms with van der Waals surface area (Å²) in [6.45, 7) is 8.13. The molecular weight excluding hydrogens is 174 g/mol. The Morgan fingerprint density at radius 1 is 1.43 bits per heavy atom. The first-order valence-corrected chi connectivity index (χ1v) is 6.17. The zero-order valence-corrected chi connectivity index (χ0v) is 9.54. The second-order valence-electron chi connectivity index (χ2n) is 4.90. The van der Waals surface area contributed by atoms with Gasteiger partial charge in [0.05, 0.1) is 6.10 Å². The van der Waals surface area contributed by atoms with Crippen molar-refractivity contribution >= 4 is 0 Å². The Hall–Kier alpha value is -0.0800. The van der Waals surface area contributed by atoms with Gasteiger partial charge in [0.2, 0.25) is 0 Å². The van der Waals surface area contributed by atoms with E-state index >= 15 is 0 Å². The smallest absolute Gasteiger partial charge is 0.0743 e.